The van der Waals surface area contributed by atoms with Gasteiger partial charge in [0.25, 0.3) is 0 Å². The van der Waals surface area contributed by atoms with E-state index in [4.69, 9.17) is 9.47 Å². The highest BCUT2D eigenvalue weighted by atomic mass is 32.2. The summed E-state index contributed by atoms with van der Waals surface area (Å²) in [6.07, 6.45) is 1.67. The summed E-state index contributed by atoms with van der Waals surface area (Å²) in [5.41, 5.74) is 1.32. The Balaban J connectivity index is 1.60. The second-order valence-electron chi connectivity index (χ2n) is 9.18. The molecule has 11 heteroatoms. The molecule has 1 fully saturated rings. The van der Waals surface area contributed by atoms with E-state index in [2.05, 4.69) is 24.1 Å². The van der Waals surface area contributed by atoms with Crippen LogP contribution < -0.4 is 10.1 Å². The second-order valence-corrected chi connectivity index (χ2v) is 12.2. The number of anilines is 1. The third-order valence-corrected chi connectivity index (χ3v) is 9.76. The molecule has 1 saturated heterocycles. The largest absolute Gasteiger partial charge is 0.497 e. The number of nitrogens with one attached hydrogen (secondary N) is 1. The fourth-order valence-electron chi connectivity index (χ4n) is 4.74. The maximum Gasteiger partial charge on any atom is 0.341 e. The molecule has 1 unspecified atom stereocenters. The van der Waals surface area contributed by atoms with Crippen LogP contribution in [0.1, 0.15) is 54.4 Å². The first-order chi connectivity index (χ1) is 17.2. The number of rotatable bonds is 8. The molecule has 0 spiro atoms. The number of carbonyl (C=O) groups is 2. The van der Waals surface area contributed by atoms with Gasteiger partial charge in [0, 0.05) is 30.6 Å². The van der Waals surface area contributed by atoms with Crippen LogP contribution in [0.2, 0.25) is 0 Å². The minimum absolute atomic E-state index is 0.107. The van der Waals surface area contributed by atoms with E-state index in [9.17, 15) is 18.0 Å². The van der Waals surface area contributed by atoms with Crippen LogP contribution in [-0.4, -0.2) is 68.4 Å². The van der Waals surface area contributed by atoms with Crippen LogP contribution in [0, 0.1) is 0 Å². The molecule has 2 aromatic rings. The number of esters is 1. The second kappa shape index (κ2) is 10.9. The van der Waals surface area contributed by atoms with Crippen molar-refractivity contribution in [3.8, 4) is 5.75 Å². The van der Waals surface area contributed by atoms with Gasteiger partial charge in [0.2, 0.25) is 15.9 Å². The number of thiophene rings is 1. The molecule has 9 nitrogen and oxygen atoms in total. The lowest BCUT2D eigenvalue weighted by atomic mass is 10.0. The molecule has 1 N–H and O–H groups in total. The lowest BCUT2D eigenvalue weighted by Gasteiger charge is -2.30. The van der Waals surface area contributed by atoms with Crippen molar-refractivity contribution in [1.29, 1.82) is 0 Å². The lowest BCUT2D eigenvalue weighted by Crippen LogP contribution is -2.43. The van der Waals surface area contributed by atoms with Gasteiger partial charge >= 0.3 is 5.97 Å². The first kappa shape index (κ1) is 26.6. The third-order valence-electron chi connectivity index (χ3n) is 6.71. The van der Waals surface area contributed by atoms with Crippen LogP contribution in [0.5, 0.6) is 5.75 Å². The minimum Gasteiger partial charge on any atom is -0.497 e. The van der Waals surface area contributed by atoms with Gasteiger partial charge in [-0.05, 0) is 69.9 Å². The van der Waals surface area contributed by atoms with E-state index in [-0.39, 0.29) is 18.0 Å². The van der Waals surface area contributed by atoms with E-state index >= 15 is 0 Å². The zero-order chi connectivity index (χ0) is 26.0. The van der Waals surface area contributed by atoms with Crippen LogP contribution in [0.4, 0.5) is 5.00 Å². The highest BCUT2D eigenvalue weighted by Crippen LogP contribution is 2.39. The highest BCUT2D eigenvalue weighted by Gasteiger charge is 2.40. The molecule has 1 aromatic heterocycles. The van der Waals surface area contributed by atoms with E-state index in [1.165, 1.54) is 34.9 Å². The molecule has 2 aliphatic rings. The zero-order valence-corrected chi connectivity index (χ0v) is 22.7. The van der Waals surface area contributed by atoms with E-state index in [1.54, 1.807) is 19.1 Å². The summed E-state index contributed by atoms with van der Waals surface area (Å²) in [4.78, 5) is 29.8. The van der Waals surface area contributed by atoms with Crippen molar-refractivity contribution in [2.24, 2.45) is 0 Å². The Kier molecular flexibility index (Phi) is 8.03. The molecule has 196 valence electrons. The van der Waals surface area contributed by atoms with Crippen LogP contribution >= 0.6 is 11.3 Å². The van der Waals surface area contributed by atoms with Gasteiger partial charge in [-0.2, -0.15) is 4.31 Å². The third kappa shape index (κ3) is 5.15. The topological polar surface area (TPSA) is 105 Å². The molecule has 2 aliphatic heterocycles. The Labute approximate surface area is 216 Å². The van der Waals surface area contributed by atoms with Crippen molar-refractivity contribution >= 4 is 38.2 Å². The van der Waals surface area contributed by atoms with Crippen molar-refractivity contribution in [2.75, 3.05) is 32.1 Å². The number of benzene rings is 1. The van der Waals surface area contributed by atoms with Crippen LogP contribution in [0.3, 0.4) is 0 Å². The summed E-state index contributed by atoms with van der Waals surface area (Å²) in [7, 11) is -2.37. The molecule has 4 rings (SSSR count). The van der Waals surface area contributed by atoms with E-state index in [1.807, 2.05) is 0 Å². The molecule has 3 heterocycles. The number of hydrogen-bond acceptors (Lipinski definition) is 8. The quantitative estimate of drug-likeness (QED) is 0.516. The Hall–Kier alpha value is -2.47. The van der Waals surface area contributed by atoms with E-state index < -0.39 is 27.9 Å². The molecule has 0 saturated carbocycles. The Morgan fingerprint density at radius 2 is 1.92 bits per heavy atom. The predicted octanol–water partition coefficient (Wildman–Crippen LogP) is 3.49. The van der Waals surface area contributed by atoms with Gasteiger partial charge in [-0.15, -0.1) is 11.3 Å². The van der Waals surface area contributed by atoms with Crippen molar-refractivity contribution in [3.63, 3.8) is 0 Å². The molecular weight excluding hydrogens is 502 g/mol. The van der Waals surface area contributed by atoms with E-state index in [0.717, 1.165) is 17.0 Å². The molecule has 0 aliphatic carbocycles. The molecule has 36 heavy (non-hydrogen) atoms. The number of carbonyl (C=O) groups excluding carboxylic acids is 2. The van der Waals surface area contributed by atoms with Gasteiger partial charge in [0.05, 0.1) is 24.2 Å². The van der Waals surface area contributed by atoms with Gasteiger partial charge in [0.1, 0.15) is 16.8 Å². The number of ether oxygens (including phenoxy) is 2. The number of fused-ring (bicyclic) bond motifs is 1. The Morgan fingerprint density at radius 1 is 1.19 bits per heavy atom. The van der Waals surface area contributed by atoms with Crippen molar-refractivity contribution in [1.82, 2.24) is 9.21 Å². The van der Waals surface area contributed by atoms with E-state index in [0.29, 0.717) is 48.2 Å². The fraction of sp³-hybridized carbons (Fsp3) is 0.520. The minimum atomic E-state index is -3.88. The van der Waals surface area contributed by atoms with Crippen LogP contribution in [0.25, 0.3) is 0 Å². The first-order valence-corrected chi connectivity index (χ1v) is 14.5. The Morgan fingerprint density at radius 3 is 2.56 bits per heavy atom. The van der Waals surface area contributed by atoms with Crippen LogP contribution in [-0.2, 0) is 32.5 Å². The van der Waals surface area contributed by atoms with Gasteiger partial charge < -0.3 is 14.8 Å². The van der Waals surface area contributed by atoms with Crippen LogP contribution in [0.15, 0.2) is 29.2 Å². The van der Waals surface area contributed by atoms with Gasteiger partial charge in [0.15, 0.2) is 0 Å². The normalized spacial score (nSPS) is 18.8. The summed E-state index contributed by atoms with van der Waals surface area (Å²) in [6, 6.07) is 5.63. The summed E-state index contributed by atoms with van der Waals surface area (Å²) < 4.78 is 38.4. The average molecular weight is 536 g/mol. The maximum atomic E-state index is 13.4. The predicted molar refractivity (Wildman–Crippen MR) is 138 cm³/mol. The van der Waals surface area contributed by atoms with Crippen molar-refractivity contribution in [3.05, 3.63) is 40.3 Å². The summed E-state index contributed by atoms with van der Waals surface area (Å²) in [5.74, 6) is -0.347. The summed E-state index contributed by atoms with van der Waals surface area (Å²) in [5, 5.41) is 3.33. The monoisotopic (exact) mass is 535 g/mol. The fourth-order valence-corrected chi connectivity index (χ4v) is 7.66. The molecule has 0 radical (unpaired) electrons. The molecule has 1 amide bonds. The molecule has 1 aromatic carbocycles. The summed E-state index contributed by atoms with van der Waals surface area (Å²) in [6.45, 7) is 8.00. The van der Waals surface area contributed by atoms with Crippen molar-refractivity contribution in [2.45, 2.75) is 63.6 Å². The zero-order valence-electron chi connectivity index (χ0n) is 21.1. The number of amides is 1. The van der Waals surface area contributed by atoms with Crippen molar-refractivity contribution < 1.29 is 27.5 Å². The molecule has 0 bridgehead atoms. The van der Waals surface area contributed by atoms with Gasteiger partial charge in [-0.1, -0.05) is 0 Å². The first-order valence-electron chi connectivity index (χ1n) is 12.2. The number of sulfonamides is 1. The number of nitrogens with zero attached hydrogens (tertiary/aromatic N) is 2. The number of methoxy groups -OCH3 is 1. The van der Waals surface area contributed by atoms with Gasteiger partial charge in [-0.3, -0.25) is 9.69 Å². The highest BCUT2D eigenvalue weighted by molar-refractivity contribution is 7.89. The average Bonchev–Trinajstić information content (AvgIpc) is 3.49. The number of hydrogen-bond donors (Lipinski definition) is 1. The maximum absolute atomic E-state index is 13.4. The Bertz CT molecular complexity index is 1220. The SMILES string of the molecule is CCOC(=O)c1c(NC(=O)C2CCCN2S(=O)(=O)c2ccc(OC)cc2)sc2c1CCN(C(C)C)C2. The molecule has 1 atom stereocenters. The standard InChI is InChI=1S/C25H33N3O6S2/c1-5-34-25(30)22-19-12-14-27(16(2)3)15-21(19)35-24(22)26-23(29)20-7-6-13-28(20)36(31,32)18-10-8-17(33-4)9-11-18/h8-11,16,20H,5-7,12-15H2,1-4H3,(H,26,29). The smallest absolute Gasteiger partial charge is 0.341 e. The lowest BCUT2D eigenvalue weighted by molar-refractivity contribution is -0.119. The molecular formula is C25H33N3O6S2. The van der Waals surface area contributed by atoms with Gasteiger partial charge in [-0.25, -0.2) is 13.2 Å². The summed E-state index contributed by atoms with van der Waals surface area (Å²) >= 11 is 1.38.